The Labute approximate surface area is 165 Å². The fourth-order valence-electron chi connectivity index (χ4n) is 3.58. The minimum absolute atomic E-state index is 0.111. The van der Waals surface area contributed by atoms with Gasteiger partial charge in [-0.25, -0.2) is 0 Å². The molecule has 158 valence electrons. The van der Waals surface area contributed by atoms with Crippen LogP contribution in [0.25, 0.3) is 0 Å². The predicted molar refractivity (Wildman–Crippen MR) is 117 cm³/mol. The van der Waals surface area contributed by atoms with E-state index in [1.807, 2.05) is 6.92 Å². The first-order valence-corrected chi connectivity index (χ1v) is 11.8. The second-order valence-electron chi connectivity index (χ2n) is 8.81. The summed E-state index contributed by atoms with van der Waals surface area (Å²) < 4.78 is -0.111. The van der Waals surface area contributed by atoms with Crippen LogP contribution in [0.15, 0.2) is 0 Å². The Bertz CT molecular complexity index is 279. The molecule has 0 aliphatic rings. The van der Waals surface area contributed by atoms with Crippen LogP contribution in [0, 0.1) is 5.21 Å². The number of unbranched alkanes of at least 4 members (excludes halogenated alkanes) is 15. The van der Waals surface area contributed by atoms with Crippen LogP contribution in [0.1, 0.15) is 123 Å². The van der Waals surface area contributed by atoms with Crippen molar-refractivity contribution in [3.8, 4) is 0 Å². The van der Waals surface area contributed by atoms with Gasteiger partial charge in [-0.05, 0) is 19.8 Å². The van der Waals surface area contributed by atoms with Crippen LogP contribution in [0.5, 0.6) is 0 Å². The Balaban J connectivity index is 3.20. The fraction of sp³-hybridized carbons (Fsp3) is 1.00. The Morgan fingerprint density at radius 1 is 0.654 bits per heavy atom. The normalized spacial score (nSPS) is 15.1. The van der Waals surface area contributed by atoms with Crippen LogP contribution in [-0.2, 0) is 0 Å². The fourth-order valence-corrected chi connectivity index (χ4v) is 3.58. The van der Waals surface area contributed by atoms with Crippen molar-refractivity contribution in [1.29, 1.82) is 0 Å². The van der Waals surface area contributed by atoms with Gasteiger partial charge in [-0.2, -0.15) is 0 Å². The molecule has 0 bridgehead atoms. The largest absolute Gasteiger partial charge is 0.633 e. The molecule has 3 nitrogen and oxygen atoms in total. The van der Waals surface area contributed by atoms with Gasteiger partial charge in [0.2, 0.25) is 0 Å². The zero-order valence-electron chi connectivity index (χ0n) is 18.4. The van der Waals surface area contributed by atoms with Gasteiger partial charge in [0.25, 0.3) is 0 Å². The third kappa shape index (κ3) is 20.2. The molecule has 0 aliphatic carbocycles. The first-order valence-electron chi connectivity index (χ1n) is 11.8. The molecule has 2 N–H and O–H groups in total. The molecule has 26 heavy (non-hydrogen) atoms. The lowest BCUT2D eigenvalue weighted by atomic mass is 10.0. The summed E-state index contributed by atoms with van der Waals surface area (Å²) >= 11 is 0. The van der Waals surface area contributed by atoms with Crippen molar-refractivity contribution in [1.82, 2.24) is 0 Å². The maximum absolute atomic E-state index is 12.2. The van der Waals surface area contributed by atoms with E-state index in [0.717, 1.165) is 19.4 Å². The topological polar surface area (TPSA) is 49.1 Å². The molecule has 0 radical (unpaired) electrons. The molecule has 0 heterocycles. The highest BCUT2D eigenvalue weighted by Crippen LogP contribution is 2.14. The molecule has 0 spiro atoms. The quantitative estimate of drug-likeness (QED) is 0.143. The monoisotopic (exact) mass is 370 g/mol. The highest BCUT2D eigenvalue weighted by atomic mass is 16.5. The number of hydroxylamine groups is 3. The van der Waals surface area contributed by atoms with Gasteiger partial charge in [0.15, 0.2) is 0 Å². The third-order valence-corrected chi connectivity index (χ3v) is 5.54. The van der Waals surface area contributed by atoms with E-state index in [9.17, 15) is 5.21 Å². The van der Waals surface area contributed by atoms with E-state index in [1.165, 1.54) is 96.3 Å². The van der Waals surface area contributed by atoms with Crippen LogP contribution in [0.3, 0.4) is 0 Å². The summed E-state index contributed by atoms with van der Waals surface area (Å²) in [5, 5.41) is 12.2. The van der Waals surface area contributed by atoms with Crippen molar-refractivity contribution in [2.45, 2.75) is 129 Å². The lowest BCUT2D eigenvalue weighted by Crippen LogP contribution is -2.41. The molecule has 0 rings (SSSR count). The SMILES string of the molecule is CCCCCCCCCCCCCCCCCC[N+](C)([O-])CCC(C)N. The molecular weight excluding hydrogens is 320 g/mol. The van der Waals surface area contributed by atoms with Crippen molar-refractivity contribution in [2.24, 2.45) is 5.73 Å². The van der Waals surface area contributed by atoms with E-state index in [4.69, 9.17) is 5.73 Å². The van der Waals surface area contributed by atoms with Gasteiger partial charge in [0.05, 0.1) is 20.1 Å². The van der Waals surface area contributed by atoms with Gasteiger partial charge < -0.3 is 15.6 Å². The molecule has 0 fully saturated rings. The smallest absolute Gasteiger partial charge is 0.0796 e. The van der Waals surface area contributed by atoms with Crippen LogP contribution in [0.4, 0.5) is 0 Å². The summed E-state index contributed by atoms with van der Waals surface area (Å²) in [5.74, 6) is 0. The van der Waals surface area contributed by atoms with Gasteiger partial charge in [-0.15, -0.1) is 0 Å². The Kier molecular flexibility index (Phi) is 18.2. The van der Waals surface area contributed by atoms with Crippen molar-refractivity contribution >= 4 is 0 Å². The van der Waals surface area contributed by atoms with Crippen molar-refractivity contribution in [2.75, 3.05) is 20.1 Å². The summed E-state index contributed by atoms with van der Waals surface area (Å²) in [5.41, 5.74) is 5.74. The standard InChI is InChI=1S/C23H50N2O/c1-4-5-6-7-8-9-10-11-12-13-14-15-16-17-18-19-21-25(3,26)22-20-23(2)24/h23H,4-22,24H2,1-3H3. The van der Waals surface area contributed by atoms with Crippen LogP contribution < -0.4 is 5.73 Å². The molecule has 0 saturated carbocycles. The first kappa shape index (κ1) is 25.9. The molecule has 3 heteroatoms. The zero-order valence-corrected chi connectivity index (χ0v) is 18.4. The summed E-state index contributed by atoms with van der Waals surface area (Å²) in [4.78, 5) is 0. The van der Waals surface area contributed by atoms with Gasteiger partial charge in [-0.1, -0.05) is 96.8 Å². The number of nitrogens with zero attached hydrogens (tertiary/aromatic N) is 1. The molecule has 0 aromatic heterocycles. The molecular formula is C23H50N2O. The second-order valence-corrected chi connectivity index (χ2v) is 8.81. The second kappa shape index (κ2) is 18.3. The van der Waals surface area contributed by atoms with E-state index in [-0.39, 0.29) is 10.7 Å². The average Bonchev–Trinajstić information content (AvgIpc) is 2.60. The molecule has 2 unspecified atom stereocenters. The lowest BCUT2D eigenvalue weighted by molar-refractivity contribution is -0.861. The molecule has 0 aromatic carbocycles. The minimum atomic E-state index is -0.111. The number of quaternary nitrogens is 1. The highest BCUT2D eigenvalue weighted by molar-refractivity contribution is 4.54. The van der Waals surface area contributed by atoms with Crippen molar-refractivity contribution < 1.29 is 4.65 Å². The number of nitrogens with two attached hydrogens (primary N) is 1. The van der Waals surface area contributed by atoms with E-state index in [1.54, 1.807) is 7.05 Å². The lowest BCUT2D eigenvalue weighted by Gasteiger charge is -2.39. The number of rotatable bonds is 20. The maximum atomic E-state index is 12.2. The summed E-state index contributed by atoms with van der Waals surface area (Å²) in [6, 6.07) is 0.146. The van der Waals surface area contributed by atoms with E-state index >= 15 is 0 Å². The molecule has 0 saturated heterocycles. The van der Waals surface area contributed by atoms with Gasteiger partial charge in [-0.3, -0.25) is 0 Å². The van der Waals surface area contributed by atoms with Crippen LogP contribution in [0.2, 0.25) is 0 Å². The van der Waals surface area contributed by atoms with Crippen molar-refractivity contribution in [3.63, 3.8) is 0 Å². The summed E-state index contributed by atoms with van der Waals surface area (Å²) in [7, 11) is 1.80. The Morgan fingerprint density at radius 2 is 1.00 bits per heavy atom. The predicted octanol–water partition coefficient (Wildman–Crippen LogP) is 6.93. The molecule has 0 amide bonds. The Morgan fingerprint density at radius 3 is 1.35 bits per heavy atom. The zero-order chi connectivity index (χ0) is 19.5. The van der Waals surface area contributed by atoms with Gasteiger partial charge >= 0.3 is 0 Å². The molecule has 2 atom stereocenters. The molecule has 0 aliphatic heterocycles. The average molecular weight is 371 g/mol. The minimum Gasteiger partial charge on any atom is -0.633 e. The highest BCUT2D eigenvalue weighted by Gasteiger charge is 2.10. The van der Waals surface area contributed by atoms with Crippen LogP contribution in [-0.4, -0.2) is 30.8 Å². The van der Waals surface area contributed by atoms with Gasteiger partial charge in [0.1, 0.15) is 0 Å². The maximum Gasteiger partial charge on any atom is 0.0796 e. The Hall–Kier alpha value is -0.120. The van der Waals surface area contributed by atoms with E-state index < -0.39 is 0 Å². The summed E-state index contributed by atoms with van der Waals surface area (Å²) in [6.45, 7) is 5.68. The van der Waals surface area contributed by atoms with Crippen LogP contribution >= 0.6 is 0 Å². The van der Waals surface area contributed by atoms with E-state index in [0.29, 0.717) is 6.54 Å². The van der Waals surface area contributed by atoms with Crippen molar-refractivity contribution in [3.05, 3.63) is 5.21 Å². The number of hydrogen-bond acceptors (Lipinski definition) is 2. The third-order valence-electron chi connectivity index (χ3n) is 5.54. The molecule has 0 aromatic rings. The number of hydrogen-bond donors (Lipinski definition) is 1. The summed E-state index contributed by atoms with van der Waals surface area (Å²) in [6.07, 6.45) is 22.8. The van der Waals surface area contributed by atoms with Gasteiger partial charge in [0, 0.05) is 12.5 Å². The van der Waals surface area contributed by atoms with E-state index in [2.05, 4.69) is 6.92 Å². The first-order chi connectivity index (χ1) is 12.5.